The van der Waals surface area contributed by atoms with Gasteiger partial charge in [0.05, 0.1) is 0 Å². The van der Waals surface area contributed by atoms with Gasteiger partial charge in [0, 0.05) is 16.6 Å². The molecule has 1 aromatic heterocycles. The van der Waals surface area contributed by atoms with Crippen LogP contribution < -0.4 is 4.74 Å². The van der Waals surface area contributed by atoms with Gasteiger partial charge in [0.15, 0.2) is 0 Å². The second kappa shape index (κ2) is 10.2. The number of aromatic nitrogens is 1. The van der Waals surface area contributed by atoms with E-state index >= 15 is 0 Å². The normalized spacial score (nSPS) is 11.2. The summed E-state index contributed by atoms with van der Waals surface area (Å²) in [6.45, 7) is 5.07. The lowest BCUT2D eigenvalue weighted by atomic mass is 10.2. The number of hydrogen-bond donors (Lipinski definition) is 0. The third kappa shape index (κ3) is 6.19. The largest absolute Gasteiger partial charge is 0.490 e. The Morgan fingerprint density at radius 2 is 1.87 bits per heavy atom. The SMILES string of the molecule is CCCCC/C=C/COc1ccc(-c2ncc(CCC)s2)cc1. The fourth-order valence-corrected chi connectivity index (χ4v) is 3.36. The van der Waals surface area contributed by atoms with Gasteiger partial charge in [-0.1, -0.05) is 45.3 Å². The van der Waals surface area contributed by atoms with Crippen LogP contribution in [0.25, 0.3) is 10.6 Å². The molecule has 2 nitrogen and oxygen atoms in total. The van der Waals surface area contributed by atoms with Crippen molar-refractivity contribution in [3.05, 3.63) is 47.5 Å². The highest BCUT2D eigenvalue weighted by molar-refractivity contribution is 7.15. The van der Waals surface area contributed by atoms with E-state index < -0.39 is 0 Å². The van der Waals surface area contributed by atoms with Gasteiger partial charge in [0.25, 0.3) is 0 Å². The Morgan fingerprint density at radius 3 is 2.61 bits per heavy atom. The smallest absolute Gasteiger partial charge is 0.123 e. The van der Waals surface area contributed by atoms with Crippen molar-refractivity contribution in [3.8, 4) is 16.3 Å². The van der Waals surface area contributed by atoms with Crippen molar-refractivity contribution in [2.24, 2.45) is 0 Å². The van der Waals surface area contributed by atoms with Gasteiger partial charge in [-0.25, -0.2) is 4.98 Å². The van der Waals surface area contributed by atoms with E-state index in [0.29, 0.717) is 6.61 Å². The van der Waals surface area contributed by atoms with Crippen molar-refractivity contribution in [1.82, 2.24) is 4.98 Å². The predicted molar refractivity (Wildman–Crippen MR) is 100 cm³/mol. The molecular formula is C20H27NOS. The first-order valence-corrected chi connectivity index (χ1v) is 9.48. The third-order valence-corrected chi connectivity index (χ3v) is 4.74. The van der Waals surface area contributed by atoms with Crippen LogP contribution in [-0.4, -0.2) is 11.6 Å². The Labute approximate surface area is 144 Å². The van der Waals surface area contributed by atoms with Gasteiger partial charge in [-0.3, -0.25) is 0 Å². The van der Waals surface area contributed by atoms with Crippen molar-refractivity contribution >= 4 is 11.3 Å². The van der Waals surface area contributed by atoms with Crippen LogP contribution in [0.15, 0.2) is 42.6 Å². The van der Waals surface area contributed by atoms with Crippen LogP contribution >= 0.6 is 11.3 Å². The van der Waals surface area contributed by atoms with Crippen LogP contribution in [-0.2, 0) is 6.42 Å². The number of benzene rings is 1. The molecule has 0 N–H and O–H groups in total. The molecular weight excluding hydrogens is 302 g/mol. The highest BCUT2D eigenvalue weighted by Crippen LogP contribution is 2.27. The molecule has 3 heteroatoms. The van der Waals surface area contributed by atoms with Crippen LogP contribution in [0.1, 0.15) is 50.8 Å². The molecule has 1 heterocycles. The van der Waals surface area contributed by atoms with Crippen LogP contribution in [0.4, 0.5) is 0 Å². The zero-order valence-electron chi connectivity index (χ0n) is 14.3. The van der Waals surface area contributed by atoms with E-state index in [9.17, 15) is 0 Å². The van der Waals surface area contributed by atoms with Crippen molar-refractivity contribution in [1.29, 1.82) is 0 Å². The number of ether oxygens (including phenoxy) is 1. The number of allylic oxidation sites excluding steroid dienone is 1. The minimum atomic E-state index is 0.642. The lowest BCUT2D eigenvalue weighted by Crippen LogP contribution is -1.93. The van der Waals surface area contributed by atoms with E-state index in [2.05, 4.69) is 43.1 Å². The highest BCUT2D eigenvalue weighted by atomic mass is 32.1. The molecule has 0 saturated heterocycles. The zero-order chi connectivity index (χ0) is 16.3. The molecule has 2 aromatic rings. The predicted octanol–water partition coefficient (Wildman–Crippen LogP) is 6.28. The number of nitrogens with zero attached hydrogens (tertiary/aromatic N) is 1. The number of thiazole rings is 1. The Balaban J connectivity index is 1.79. The third-order valence-electron chi connectivity index (χ3n) is 3.64. The summed E-state index contributed by atoms with van der Waals surface area (Å²) in [6, 6.07) is 8.24. The average Bonchev–Trinajstić information content (AvgIpc) is 3.04. The molecule has 23 heavy (non-hydrogen) atoms. The summed E-state index contributed by atoms with van der Waals surface area (Å²) in [5.74, 6) is 0.914. The summed E-state index contributed by atoms with van der Waals surface area (Å²) in [5.41, 5.74) is 1.17. The molecule has 0 bridgehead atoms. The summed E-state index contributed by atoms with van der Waals surface area (Å²) in [7, 11) is 0. The quantitative estimate of drug-likeness (QED) is 0.378. The van der Waals surface area contributed by atoms with Gasteiger partial charge in [0.1, 0.15) is 17.4 Å². The van der Waals surface area contributed by atoms with Crippen molar-refractivity contribution in [2.75, 3.05) is 6.61 Å². The van der Waals surface area contributed by atoms with Crippen LogP contribution in [0.2, 0.25) is 0 Å². The molecule has 0 aliphatic carbocycles. The molecule has 2 rings (SSSR count). The molecule has 0 aliphatic rings. The van der Waals surface area contributed by atoms with E-state index in [1.54, 1.807) is 11.3 Å². The zero-order valence-corrected chi connectivity index (χ0v) is 15.1. The molecule has 0 aliphatic heterocycles. The fourth-order valence-electron chi connectivity index (χ4n) is 2.34. The molecule has 0 spiro atoms. The maximum atomic E-state index is 5.74. The first kappa shape index (κ1) is 17.7. The van der Waals surface area contributed by atoms with E-state index in [4.69, 9.17) is 4.74 Å². The van der Waals surface area contributed by atoms with E-state index in [0.717, 1.165) is 23.6 Å². The standard InChI is InChI=1S/C20H27NOS/c1-3-5-6-7-8-9-15-22-18-13-11-17(12-14-18)20-21-16-19(23-20)10-4-2/h8-9,11-14,16H,3-7,10,15H2,1-2H3/b9-8+. The Kier molecular flexibility index (Phi) is 7.88. The number of hydrogen-bond acceptors (Lipinski definition) is 3. The first-order valence-electron chi connectivity index (χ1n) is 8.66. The van der Waals surface area contributed by atoms with E-state index in [1.165, 1.54) is 36.1 Å². The molecule has 124 valence electrons. The second-order valence-electron chi connectivity index (χ2n) is 5.68. The fraction of sp³-hybridized carbons (Fsp3) is 0.450. The van der Waals surface area contributed by atoms with Crippen molar-refractivity contribution in [2.45, 2.75) is 52.4 Å². The van der Waals surface area contributed by atoms with Crippen LogP contribution in [0, 0.1) is 0 Å². The average molecular weight is 330 g/mol. The number of aryl methyl sites for hydroxylation is 1. The molecule has 0 fully saturated rings. The van der Waals surface area contributed by atoms with E-state index in [1.807, 2.05) is 18.3 Å². The minimum absolute atomic E-state index is 0.642. The molecule has 0 saturated carbocycles. The monoisotopic (exact) mass is 329 g/mol. The van der Waals surface area contributed by atoms with Gasteiger partial charge < -0.3 is 4.74 Å². The van der Waals surface area contributed by atoms with Gasteiger partial charge in [0.2, 0.25) is 0 Å². The Hall–Kier alpha value is -1.61. The lowest BCUT2D eigenvalue weighted by Gasteiger charge is -2.04. The Morgan fingerprint density at radius 1 is 1.04 bits per heavy atom. The topological polar surface area (TPSA) is 22.1 Å². The second-order valence-corrected chi connectivity index (χ2v) is 6.80. The summed E-state index contributed by atoms with van der Waals surface area (Å²) < 4.78 is 5.74. The Bertz CT molecular complexity index is 586. The number of rotatable bonds is 10. The molecule has 0 radical (unpaired) electrons. The highest BCUT2D eigenvalue weighted by Gasteiger charge is 2.04. The number of unbranched alkanes of at least 4 members (excludes halogenated alkanes) is 3. The minimum Gasteiger partial charge on any atom is -0.490 e. The molecule has 0 amide bonds. The van der Waals surface area contributed by atoms with Gasteiger partial charge in [-0.05, 0) is 43.5 Å². The van der Waals surface area contributed by atoms with Crippen LogP contribution in [0.5, 0.6) is 5.75 Å². The summed E-state index contributed by atoms with van der Waals surface area (Å²) in [4.78, 5) is 5.87. The summed E-state index contributed by atoms with van der Waals surface area (Å²) >= 11 is 1.78. The van der Waals surface area contributed by atoms with Gasteiger partial charge >= 0.3 is 0 Å². The molecule has 0 unspecified atom stereocenters. The van der Waals surface area contributed by atoms with Crippen molar-refractivity contribution < 1.29 is 4.74 Å². The van der Waals surface area contributed by atoms with Gasteiger partial charge in [-0.15, -0.1) is 11.3 Å². The van der Waals surface area contributed by atoms with Crippen LogP contribution in [0.3, 0.4) is 0 Å². The molecule has 1 aromatic carbocycles. The molecule has 0 atom stereocenters. The summed E-state index contributed by atoms with van der Waals surface area (Å²) in [6.07, 6.45) is 13.6. The van der Waals surface area contributed by atoms with Crippen molar-refractivity contribution in [3.63, 3.8) is 0 Å². The maximum absolute atomic E-state index is 5.74. The lowest BCUT2D eigenvalue weighted by molar-refractivity contribution is 0.362. The summed E-state index contributed by atoms with van der Waals surface area (Å²) in [5, 5.41) is 1.09. The first-order chi connectivity index (χ1) is 11.3. The van der Waals surface area contributed by atoms with E-state index in [-0.39, 0.29) is 0 Å². The van der Waals surface area contributed by atoms with Gasteiger partial charge in [-0.2, -0.15) is 0 Å². The maximum Gasteiger partial charge on any atom is 0.123 e.